The van der Waals surface area contributed by atoms with Crippen LogP contribution in [0.2, 0.25) is 0 Å². The zero-order valence-corrected chi connectivity index (χ0v) is 17.1. The average Bonchev–Trinajstić information content (AvgIpc) is 3.33. The maximum atomic E-state index is 13.1. The first kappa shape index (κ1) is 19.8. The third-order valence-electron chi connectivity index (χ3n) is 5.73. The number of amides is 2. The summed E-state index contributed by atoms with van der Waals surface area (Å²) < 4.78 is 23.6. The first-order valence-electron chi connectivity index (χ1n) is 10.1. The van der Waals surface area contributed by atoms with Crippen molar-refractivity contribution in [1.29, 1.82) is 0 Å². The van der Waals surface area contributed by atoms with Gasteiger partial charge >= 0.3 is 0 Å². The number of nitrogens with zero attached hydrogens (tertiary/aromatic N) is 3. The molecule has 1 aromatic carbocycles. The number of hydrogen-bond donors (Lipinski definition) is 0. The van der Waals surface area contributed by atoms with Gasteiger partial charge in [0.05, 0.1) is 23.6 Å². The van der Waals surface area contributed by atoms with Crippen molar-refractivity contribution in [3.05, 3.63) is 42.0 Å². The molecule has 8 heteroatoms. The lowest BCUT2D eigenvalue weighted by Gasteiger charge is -2.30. The standard InChI is InChI=1S/C21H25N3O4S/c25-20-11-10-19(22-24(20)18-12-14-29(27,28)15-18)21(26)23-13-4-7-17(23)9-8-16-5-2-1-3-6-16/h1-3,5-6,8-9,17-18H,4,7,10-15H2. The van der Waals surface area contributed by atoms with E-state index >= 15 is 0 Å². The molecule has 3 heterocycles. The fourth-order valence-electron chi connectivity index (χ4n) is 4.18. The minimum absolute atomic E-state index is 0.00309. The normalized spacial score (nSPS) is 26.9. The molecule has 3 aliphatic heterocycles. The minimum Gasteiger partial charge on any atom is -0.331 e. The van der Waals surface area contributed by atoms with Gasteiger partial charge in [-0.1, -0.05) is 42.5 Å². The summed E-state index contributed by atoms with van der Waals surface area (Å²) in [7, 11) is -3.13. The van der Waals surface area contributed by atoms with E-state index in [2.05, 4.69) is 11.2 Å². The highest BCUT2D eigenvalue weighted by Gasteiger charge is 2.38. The monoisotopic (exact) mass is 415 g/mol. The van der Waals surface area contributed by atoms with Gasteiger partial charge in [0.1, 0.15) is 5.71 Å². The topological polar surface area (TPSA) is 87.1 Å². The Morgan fingerprint density at radius 3 is 2.66 bits per heavy atom. The van der Waals surface area contributed by atoms with Crippen molar-refractivity contribution in [2.75, 3.05) is 18.1 Å². The van der Waals surface area contributed by atoms with E-state index in [1.807, 2.05) is 41.3 Å². The molecular weight excluding hydrogens is 390 g/mol. The summed E-state index contributed by atoms with van der Waals surface area (Å²) in [5, 5.41) is 5.58. The van der Waals surface area contributed by atoms with Crippen molar-refractivity contribution in [1.82, 2.24) is 9.91 Å². The molecule has 4 rings (SSSR count). The van der Waals surface area contributed by atoms with Crippen LogP contribution in [0.1, 0.15) is 37.7 Å². The Labute approximate surface area is 171 Å². The first-order valence-corrected chi connectivity index (χ1v) is 11.9. The van der Waals surface area contributed by atoms with Gasteiger partial charge in [-0.3, -0.25) is 9.59 Å². The number of likely N-dealkylation sites (tertiary alicyclic amines) is 1. The number of rotatable bonds is 4. The van der Waals surface area contributed by atoms with Crippen molar-refractivity contribution >= 4 is 33.4 Å². The second-order valence-corrected chi connectivity index (χ2v) is 10.0. The molecule has 0 radical (unpaired) electrons. The fourth-order valence-corrected chi connectivity index (χ4v) is 5.87. The number of carbonyl (C=O) groups excluding carboxylic acids is 2. The number of carbonyl (C=O) groups is 2. The minimum atomic E-state index is -3.13. The molecular formula is C21H25N3O4S. The molecule has 0 aliphatic carbocycles. The predicted octanol–water partition coefficient (Wildman–Crippen LogP) is 1.86. The van der Waals surface area contributed by atoms with Crippen LogP contribution in [0, 0.1) is 0 Å². The Kier molecular flexibility index (Phi) is 5.54. The zero-order chi connectivity index (χ0) is 20.4. The van der Waals surface area contributed by atoms with Crippen LogP contribution in [0.25, 0.3) is 6.08 Å². The molecule has 2 saturated heterocycles. The van der Waals surface area contributed by atoms with E-state index in [-0.39, 0.29) is 35.8 Å². The van der Waals surface area contributed by atoms with Gasteiger partial charge in [-0.05, 0) is 24.8 Å². The number of benzene rings is 1. The van der Waals surface area contributed by atoms with Gasteiger partial charge in [-0.15, -0.1) is 0 Å². The molecule has 2 fully saturated rings. The largest absolute Gasteiger partial charge is 0.331 e. The zero-order valence-electron chi connectivity index (χ0n) is 16.2. The van der Waals surface area contributed by atoms with Crippen molar-refractivity contribution in [2.45, 2.75) is 44.2 Å². The van der Waals surface area contributed by atoms with Crippen molar-refractivity contribution in [3.63, 3.8) is 0 Å². The molecule has 0 N–H and O–H groups in total. The highest BCUT2D eigenvalue weighted by Crippen LogP contribution is 2.25. The van der Waals surface area contributed by atoms with Crippen molar-refractivity contribution < 1.29 is 18.0 Å². The molecule has 3 aliphatic rings. The molecule has 2 amide bonds. The molecule has 2 atom stereocenters. The second kappa shape index (κ2) is 8.10. The molecule has 0 spiro atoms. The maximum absolute atomic E-state index is 13.1. The summed E-state index contributed by atoms with van der Waals surface area (Å²) in [6.45, 7) is 0.660. The van der Waals surface area contributed by atoms with Crippen LogP contribution in [0.15, 0.2) is 41.5 Å². The highest BCUT2D eigenvalue weighted by atomic mass is 32.2. The van der Waals surface area contributed by atoms with Crippen LogP contribution in [-0.2, 0) is 19.4 Å². The van der Waals surface area contributed by atoms with E-state index < -0.39 is 15.9 Å². The lowest BCUT2D eigenvalue weighted by Crippen LogP contribution is -2.45. The summed E-state index contributed by atoms with van der Waals surface area (Å²) in [5.74, 6) is -0.358. The molecule has 7 nitrogen and oxygen atoms in total. The fraction of sp³-hybridized carbons (Fsp3) is 0.476. The predicted molar refractivity (Wildman–Crippen MR) is 111 cm³/mol. The summed E-state index contributed by atoms with van der Waals surface area (Å²) in [4.78, 5) is 27.2. The quantitative estimate of drug-likeness (QED) is 0.751. The van der Waals surface area contributed by atoms with Crippen molar-refractivity contribution in [3.8, 4) is 0 Å². The van der Waals surface area contributed by atoms with E-state index in [1.165, 1.54) is 5.01 Å². The van der Waals surface area contributed by atoms with Crippen LogP contribution in [0.4, 0.5) is 0 Å². The summed E-state index contributed by atoms with van der Waals surface area (Å²) >= 11 is 0. The van der Waals surface area contributed by atoms with Crippen LogP contribution < -0.4 is 0 Å². The van der Waals surface area contributed by atoms with Crippen LogP contribution in [-0.4, -0.2) is 66.0 Å². The summed E-state index contributed by atoms with van der Waals surface area (Å²) in [5.41, 5.74) is 1.44. The Hall–Kier alpha value is -2.48. The lowest BCUT2D eigenvalue weighted by molar-refractivity contribution is -0.134. The van der Waals surface area contributed by atoms with E-state index in [0.29, 0.717) is 25.1 Å². The average molecular weight is 416 g/mol. The SMILES string of the molecule is O=C(C1=NN(C2CCS(=O)(=O)C2)C(=O)CC1)N1CCCC1C=Cc1ccccc1. The molecule has 154 valence electrons. The number of sulfone groups is 1. The van der Waals surface area contributed by atoms with Gasteiger partial charge in [-0.2, -0.15) is 5.10 Å². The number of hydrazone groups is 1. The third-order valence-corrected chi connectivity index (χ3v) is 7.48. The van der Waals surface area contributed by atoms with Gasteiger partial charge in [0.25, 0.3) is 5.91 Å². The van der Waals surface area contributed by atoms with Gasteiger partial charge in [0.2, 0.25) is 5.91 Å². The Morgan fingerprint density at radius 1 is 1.14 bits per heavy atom. The Balaban J connectivity index is 1.49. The van der Waals surface area contributed by atoms with Crippen molar-refractivity contribution in [2.24, 2.45) is 5.10 Å². The van der Waals surface area contributed by atoms with E-state index in [0.717, 1.165) is 18.4 Å². The third kappa shape index (κ3) is 4.42. The van der Waals surface area contributed by atoms with E-state index in [9.17, 15) is 18.0 Å². The summed E-state index contributed by atoms with van der Waals surface area (Å²) in [6.07, 6.45) is 6.77. The van der Waals surface area contributed by atoms with Crippen LogP contribution >= 0.6 is 0 Å². The van der Waals surface area contributed by atoms with Gasteiger partial charge in [0, 0.05) is 19.4 Å². The van der Waals surface area contributed by atoms with Gasteiger partial charge in [0.15, 0.2) is 9.84 Å². The lowest BCUT2D eigenvalue weighted by atomic mass is 10.1. The van der Waals surface area contributed by atoms with Gasteiger partial charge in [-0.25, -0.2) is 13.4 Å². The smallest absolute Gasteiger partial charge is 0.270 e. The van der Waals surface area contributed by atoms with E-state index in [4.69, 9.17) is 0 Å². The molecule has 0 bridgehead atoms. The molecule has 2 unspecified atom stereocenters. The Morgan fingerprint density at radius 2 is 1.93 bits per heavy atom. The summed E-state index contributed by atoms with van der Waals surface area (Å²) in [6, 6.07) is 9.49. The Bertz CT molecular complexity index is 955. The molecule has 29 heavy (non-hydrogen) atoms. The molecule has 1 aromatic rings. The maximum Gasteiger partial charge on any atom is 0.270 e. The number of hydrogen-bond acceptors (Lipinski definition) is 5. The highest BCUT2D eigenvalue weighted by molar-refractivity contribution is 7.91. The molecule has 0 saturated carbocycles. The second-order valence-electron chi connectivity index (χ2n) is 7.82. The van der Waals surface area contributed by atoms with Crippen LogP contribution in [0.5, 0.6) is 0 Å². The molecule has 0 aromatic heterocycles. The van der Waals surface area contributed by atoms with E-state index in [1.54, 1.807) is 0 Å². The first-order chi connectivity index (χ1) is 13.9. The van der Waals surface area contributed by atoms with Crippen LogP contribution in [0.3, 0.4) is 0 Å². The van der Waals surface area contributed by atoms with Gasteiger partial charge < -0.3 is 4.90 Å².